The second-order valence-electron chi connectivity index (χ2n) is 8.22. The summed E-state index contributed by atoms with van der Waals surface area (Å²) in [5.41, 5.74) is 1.56. The third-order valence-corrected chi connectivity index (χ3v) is 5.48. The molecule has 0 saturated carbocycles. The summed E-state index contributed by atoms with van der Waals surface area (Å²) in [5, 5.41) is 10.4. The Kier molecular flexibility index (Phi) is 6.12. The molecule has 0 spiro atoms. The van der Waals surface area contributed by atoms with E-state index in [0.717, 1.165) is 31.5 Å². The number of carbonyl (C=O) groups excluding carboxylic acids is 1. The number of rotatable bonds is 5. The van der Waals surface area contributed by atoms with Crippen LogP contribution in [0.15, 0.2) is 6.07 Å². The molecule has 2 saturated heterocycles. The molecule has 6 nitrogen and oxygen atoms in total. The van der Waals surface area contributed by atoms with Crippen LogP contribution in [0.2, 0.25) is 0 Å². The van der Waals surface area contributed by atoms with Crippen molar-refractivity contribution < 1.29 is 4.79 Å². The first-order valence-electron chi connectivity index (χ1n) is 9.79. The van der Waals surface area contributed by atoms with E-state index in [-0.39, 0.29) is 11.9 Å². The summed E-state index contributed by atoms with van der Waals surface area (Å²) in [6, 6.07) is 2.82. The SMILES string of the molecule is CC(C)Cc1cc(C(=O)NC2CCCN(C3CCN(C)CC3)C2)n[nH]1. The molecule has 0 radical (unpaired) electrons. The molecule has 2 N–H and O–H groups in total. The first kappa shape index (κ1) is 18.4. The number of nitrogens with zero attached hydrogens (tertiary/aromatic N) is 3. The van der Waals surface area contributed by atoms with E-state index in [1.807, 2.05) is 6.07 Å². The topological polar surface area (TPSA) is 64.3 Å². The molecule has 3 rings (SSSR count). The maximum atomic E-state index is 12.5. The smallest absolute Gasteiger partial charge is 0.272 e. The van der Waals surface area contributed by atoms with Crippen molar-refractivity contribution >= 4 is 5.91 Å². The molecule has 0 aromatic carbocycles. The normalized spacial score (nSPS) is 23.9. The molecule has 3 heterocycles. The maximum absolute atomic E-state index is 12.5. The summed E-state index contributed by atoms with van der Waals surface area (Å²) in [6.07, 6.45) is 5.65. The zero-order valence-corrected chi connectivity index (χ0v) is 15.9. The van der Waals surface area contributed by atoms with Gasteiger partial charge in [-0.1, -0.05) is 13.8 Å². The van der Waals surface area contributed by atoms with Crippen molar-refractivity contribution in [2.75, 3.05) is 33.2 Å². The number of piperidine rings is 2. The Hall–Kier alpha value is -1.40. The van der Waals surface area contributed by atoms with Gasteiger partial charge in [-0.2, -0.15) is 5.10 Å². The predicted octanol–water partition coefficient (Wildman–Crippen LogP) is 1.90. The molecule has 25 heavy (non-hydrogen) atoms. The van der Waals surface area contributed by atoms with Crippen molar-refractivity contribution in [3.8, 4) is 0 Å². The predicted molar refractivity (Wildman–Crippen MR) is 99.7 cm³/mol. The molecule has 1 unspecified atom stereocenters. The highest BCUT2D eigenvalue weighted by molar-refractivity contribution is 5.92. The maximum Gasteiger partial charge on any atom is 0.272 e. The van der Waals surface area contributed by atoms with E-state index >= 15 is 0 Å². The fourth-order valence-corrected chi connectivity index (χ4v) is 4.10. The summed E-state index contributed by atoms with van der Waals surface area (Å²) < 4.78 is 0. The molecule has 2 fully saturated rings. The Morgan fingerprint density at radius 2 is 2.08 bits per heavy atom. The fourth-order valence-electron chi connectivity index (χ4n) is 4.10. The van der Waals surface area contributed by atoms with Crippen molar-refractivity contribution in [1.82, 2.24) is 25.3 Å². The summed E-state index contributed by atoms with van der Waals surface area (Å²) >= 11 is 0. The first-order chi connectivity index (χ1) is 12.0. The molecular weight excluding hydrogens is 314 g/mol. The van der Waals surface area contributed by atoms with Crippen molar-refractivity contribution in [1.29, 1.82) is 0 Å². The highest BCUT2D eigenvalue weighted by Gasteiger charge is 2.29. The van der Waals surface area contributed by atoms with Gasteiger partial charge in [-0.05, 0) is 70.8 Å². The van der Waals surface area contributed by atoms with Crippen molar-refractivity contribution in [2.45, 2.75) is 58.0 Å². The summed E-state index contributed by atoms with van der Waals surface area (Å²) in [5.74, 6) is 0.513. The second kappa shape index (κ2) is 8.32. The van der Waals surface area contributed by atoms with Crippen LogP contribution in [0.3, 0.4) is 0 Å². The van der Waals surface area contributed by atoms with Gasteiger partial charge in [-0.25, -0.2) is 0 Å². The second-order valence-corrected chi connectivity index (χ2v) is 8.22. The molecule has 1 aromatic heterocycles. The van der Waals surface area contributed by atoms with Crippen LogP contribution in [-0.2, 0) is 6.42 Å². The van der Waals surface area contributed by atoms with E-state index in [9.17, 15) is 4.79 Å². The van der Waals surface area contributed by atoms with E-state index in [0.29, 0.717) is 17.7 Å². The number of hydrogen-bond acceptors (Lipinski definition) is 4. The van der Waals surface area contributed by atoms with E-state index in [4.69, 9.17) is 0 Å². The van der Waals surface area contributed by atoms with E-state index in [1.54, 1.807) is 0 Å². The average molecular weight is 348 g/mol. The lowest BCUT2D eigenvalue weighted by atomic mass is 9.98. The number of amides is 1. The standard InChI is InChI=1S/C19H33N5O/c1-14(2)11-16-12-18(22-21-16)19(25)20-15-5-4-8-24(13-15)17-6-9-23(3)10-7-17/h12,14-15,17H,4-11,13H2,1-3H3,(H,20,25)(H,21,22). The molecule has 2 aliphatic rings. The van der Waals surface area contributed by atoms with Crippen LogP contribution in [-0.4, -0.2) is 71.2 Å². The quantitative estimate of drug-likeness (QED) is 0.854. The van der Waals surface area contributed by atoms with Crippen LogP contribution in [0.1, 0.15) is 55.7 Å². The molecule has 0 aliphatic carbocycles. The number of nitrogens with one attached hydrogen (secondary N) is 2. The van der Waals surface area contributed by atoms with Crippen LogP contribution in [0, 0.1) is 5.92 Å². The summed E-state index contributed by atoms with van der Waals surface area (Å²) in [4.78, 5) is 17.5. The Bertz CT molecular complexity index is 562. The number of aromatic amines is 1. The lowest BCUT2D eigenvalue weighted by molar-refractivity contribution is 0.0763. The van der Waals surface area contributed by atoms with Crippen LogP contribution in [0.5, 0.6) is 0 Å². The monoisotopic (exact) mass is 347 g/mol. The number of aromatic nitrogens is 2. The van der Waals surface area contributed by atoms with Gasteiger partial charge in [-0.15, -0.1) is 0 Å². The van der Waals surface area contributed by atoms with Gasteiger partial charge in [0, 0.05) is 24.3 Å². The molecular formula is C19H33N5O. The van der Waals surface area contributed by atoms with Gasteiger partial charge in [0.25, 0.3) is 5.91 Å². The Morgan fingerprint density at radius 1 is 1.32 bits per heavy atom. The lowest BCUT2D eigenvalue weighted by Gasteiger charge is -2.41. The zero-order valence-electron chi connectivity index (χ0n) is 15.9. The molecule has 1 atom stereocenters. The Balaban J connectivity index is 1.51. The van der Waals surface area contributed by atoms with E-state index in [2.05, 4.69) is 46.2 Å². The van der Waals surface area contributed by atoms with Crippen molar-refractivity contribution in [3.05, 3.63) is 17.5 Å². The van der Waals surface area contributed by atoms with Crippen molar-refractivity contribution in [2.24, 2.45) is 5.92 Å². The molecule has 0 bridgehead atoms. The number of likely N-dealkylation sites (tertiary alicyclic amines) is 2. The minimum Gasteiger partial charge on any atom is -0.347 e. The highest BCUT2D eigenvalue weighted by atomic mass is 16.2. The molecule has 1 amide bonds. The van der Waals surface area contributed by atoms with Gasteiger partial charge in [0.05, 0.1) is 0 Å². The van der Waals surface area contributed by atoms with Crippen molar-refractivity contribution in [3.63, 3.8) is 0 Å². The number of carbonyl (C=O) groups is 1. The van der Waals surface area contributed by atoms with E-state index in [1.165, 1.54) is 32.5 Å². The van der Waals surface area contributed by atoms with Crippen LogP contribution < -0.4 is 5.32 Å². The molecule has 2 aliphatic heterocycles. The van der Waals surface area contributed by atoms with Crippen LogP contribution in [0.25, 0.3) is 0 Å². The fraction of sp³-hybridized carbons (Fsp3) is 0.789. The Labute approximate surface area is 151 Å². The van der Waals surface area contributed by atoms with Gasteiger partial charge in [0.1, 0.15) is 5.69 Å². The molecule has 140 valence electrons. The third-order valence-electron chi connectivity index (χ3n) is 5.48. The minimum atomic E-state index is -0.0403. The van der Waals surface area contributed by atoms with Crippen LogP contribution in [0.4, 0.5) is 0 Å². The number of H-pyrrole nitrogens is 1. The summed E-state index contributed by atoms with van der Waals surface area (Å²) in [6.45, 7) is 8.85. The van der Waals surface area contributed by atoms with Gasteiger partial charge < -0.3 is 10.2 Å². The van der Waals surface area contributed by atoms with E-state index < -0.39 is 0 Å². The van der Waals surface area contributed by atoms with Gasteiger partial charge in [0.15, 0.2) is 0 Å². The lowest BCUT2D eigenvalue weighted by Crippen LogP contribution is -2.53. The minimum absolute atomic E-state index is 0.0403. The first-order valence-corrected chi connectivity index (χ1v) is 9.79. The van der Waals surface area contributed by atoms with Gasteiger partial charge in [-0.3, -0.25) is 14.8 Å². The average Bonchev–Trinajstić information content (AvgIpc) is 3.03. The highest BCUT2D eigenvalue weighted by Crippen LogP contribution is 2.20. The molecule has 6 heteroatoms. The largest absolute Gasteiger partial charge is 0.347 e. The Morgan fingerprint density at radius 3 is 2.80 bits per heavy atom. The molecule has 1 aromatic rings. The van der Waals surface area contributed by atoms with Crippen LogP contribution >= 0.6 is 0 Å². The third kappa shape index (κ3) is 5.05. The zero-order chi connectivity index (χ0) is 17.8. The number of hydrogen-bond donors (Lipinski definition) is 2. The summed E-state index contributed by atoms with van der Waals surface area (Å²) in [7, 11) is 2.20. The van der Waals surface area contributed by atoms with Gasteiger partial charge in [0.2, 0.25) is 0 Å². The van der Waals surface area contributed by atoms with Gasteiger partial charge >= 0.3 is 0 Å².